The number of amides is 1. The van der Waals surface area contributed by atoms with E-state index in [2.05, 4.69) is 10.1 Å². The molecule has 0 atom stereocenters. The van der Waals surface area contributed by atoms with E-state index in [1.807, 2.05) is 6.92 Å². The Balaban J connectivity index is 2.24. The van der Waals surface area contributed by atoms with E-state index in [1.54, 1.807) is 42.5 Å². The third-order valence-corrected chi connectivity index (χ3v) is 3.26. The van der Waals surface area contributed by atoms with Gasteiger partial charge in [-0.05, 0) is 43.3 Å². The second kappa shape index (κ2) is 7.65. The van der Waals surface area contributed by atoms with Crippen molar-refractivity contribution in [1.82, 2.24) is 0 Å². The molecule has 0 aliphatic heterocycles. The van der Waals surface area contributed by atoms with E-state index in [1.165, 1.54) is 7.11 Å². The van der Waals surface area contributed by atoms with Gasteiger partial charge in [-0.1, -0.05) is 17.7 Å². The lowest BCUT2D eigenvalue weighted by molar-refractivity contribution is 0.0600. The molecular formula is C17H16ClNO4. The summed E-state index contributed by atoms with van der Waals surface area (Å²) < 4.78 is 10.1. The third kappa shape index (κ3) is 4.23. The molecule has 1 N–H and O–H groups in total. The molecule has 0 spiro atoms. The topological polar surface area (TPSA) is 64.6 Å². The Morgan fingerprint density at radius 1 is 1.17 bits per heavy atom. The molecule has 0 bridgehead atoms. The van der Waals surface area contributed by atoms with Crippen LogP contribution in [-0.2, 0) is 4.74 Å². The summed E-state index contributed by atoms with van der Waals surface area (Å²) in [5, 5.41) is 3.21. The molecule has 0 fully saturated rings. The number of carbonyl (C=O) groups excluding carboxylic acids is 2. The molecule has 0 saturated carbocycles. The highest BCUT2D eigenvalue weighted by atomic mass is 35.5. The predicted molar refractivity (Wildman–Crippen MR) is 88.4 cm³/mol. The monoisotopic (exact) mass is 333 g/mol. The van der Waals surface area contributed by atoms with Crippen molar-refractivity contribution in [2.45, 2.75) is 6.92 Å². The van der Waals surface area contributed by atoms with E-state index < -0.39 is 5.97 Å². The number of carbonyl (C=O) groups is 2. The number of esters is 1. The smallest absolute Gasteiger partial charge is 0.337 e. The van der Waals surface area contributed by atoms with Gasteiger partial charge in [-0.25, -0.2) is 4.79 Å². The van der Waals surface area contributed by atoms with Crippen molar-refractivity contribution < 1.29 is 19.1 Å². The van der Waals surface area contributed by atoms with Crippen LogP contribution in [0.3, 0.4) is 0 Å². The first-order valence-corrected chi connectivity index (χ1v) is 7.35. The van der Waals surface area contributed by atoms with Gasteiger partial charge in [0.2, 0.25) is 0 Å². The zero-order chi connectivity index (χ0) is 16.8. The van der Waals surface area contributed by atoms with Crippen molar-refractivity contribution in [2.24, 2.45) is 0 Å². The highest BCUT2D eigenvalue weighted by molar-refractivity contribution is 6.31. The Hall–Kier alpha value is -2.53. The largest absolute Gasteiger partial charge is 0.493 e. The molecule has 0 aliphatic carbocycles. The third-order valence-electron chi connectivity index (χ3n) is 3.03. The summed E-state index contributed by atoms with van der Waals surface area (Å²) in [5.41, 5.74) is 1.20. The molecular weight excluding hydrogens is 318 g/mol. The van der Waals surface area contributed by atoms with Gasteiger partial charge in [0.1, 0.15) is 5.75 Å². The van der Waals surface area contributed by atoms with Crippen molar-refractivity contribution >= 4 is 29.2 Å². The van der Waals surface area contributed by atoms with E-state index in [4.69, 9.17) is 16.3 Å². The number of ether oxygens (including phenoxy) is 2. The number of hydrogen-bond acceptors (Lipinski definition) is 4. The highest BCUT2D eigenvalue weighted by Gasteiger charge is 2.14. The minimum Gasteiger partial charge on any atom is -0.493 e. The minimum absolute atomic E-state index is 0.353. The van der Waals surface area contributed by atoms with E-state index in [0.29, 0.717) is 34.2 Å². The average molecular weight is 334 g/mol. The van der Waals surface area contributed by atoms with Crippen LogP contribution in [0.2, 0.25) is 5.02 Å². The van der Waals surface area contributed by atoms with Crippen LogP contribution in [0, 0.1) is 0 Å². The number of nitrogens with one attached hydrogen (secondary N) is 1. The zero-order valence-electron chi connectivity index (χ0n) is 12.8. The Bertz CT molecular complexity index is 730. The summed E-state index contributed by atoms with van der Waals surface area (Å²) in [7, 11) is 1.30. The molecule has 2 aromatic rings. The first-order chi connectivity index (χ1) is 11.0. The van der Waals surface area contributed by atoms with Crippen LogP contribution in [0.4, 0.5) is 5.69 Å². The summed E-state index contributed by atoms with van der Waals surface area (Å²) >= 11 is 5.93. The molecule has 5 nitrogen and oxygen atoms in total. The number of rotatable bonds is 5. The molecule has 23 heavy (non-hydrogen) atoms. The van der Waals surface area contributed by atoms with Gasteiger partial charge in [-0.15, -0.1) is 0 Å². The standard InChI is InChI=1S/C17H16ClNO4/c1-3-23-15-10-12(18)7-8-14(15)16(20)19-13-6-4-5-11(9-13)17(21)22-2/h4-10H,3H2,1-2H3,(H,19,20). The van der Waals surface area contributed by atoms with E-state index in [9.17, 15) is 9.59 Å². The van der Waals surface area contributed by atoms with Crippen molar-refractivity contribution in [3.63, 3.8) is 0 Å². The van der Waals surface area contributed by atoms with Crippen molar-refractivity contribution in [3.05, 3.63) is 58.6 Å². The lowest BCUT2D eigenvalue weighted by Crippen LogP contribution is -2.14. The summed E-state index contributed by atoms with van der Waals surface area (Å²) in [6, 6.07) is 11.3. The quantitative estimate of drug-likeness (QED) is 0.846. The van der Waals surface area contributed by atoms with Crippen LogP contribution in [0.25, 0.3) is 0 Å². The fourth-order valence-corrected chi connectivity index (χ4v) is 2.16. The summed E-state index contributed by atoms with van der Waals surface area (Å²) in [4.78, 5) is 23.9. The van der Waals surface area contributed by atoms with Gasteiger partial charge in [-0.2, -0.15) is 0 Å². The number of halogens is 1. The van der Waals surface area contributed by atoms with Gasteiger partial charge >= 0.3 is 5.97 Å². The summed E-state index contributed by atoms with van der Waals surface area (Å²) in [5.74, 6) is -0.420. The molecule has 1 amide bonds. The molecule has 6 heteroatoms. The van der Waals surface area contributed by atoms with Crippen LogP contribution < -0.4 is 10.1 Å². The summed E-state index contributed by atoms with van der Waals surface area (Å²) in [6.45, 7) is 2.24. The molecule has 0 saturated heterocycles. The predicted octanol–water partition coefficient (Wildman–Crippen LogP) is 3.78. The van der Waals surface area contributed by atoms with Gasteiger partial charge < -0.3 is 14.8 Å². The van der Waals surface area contributed by atoms with Crippen molar-refractivity contribution in [2.75, 3.05) is 19.0 Å². The Labute approximate surface area is 139 Å². The van der Waals surface area contributed by atoms with Gasteiger partial charge in [0, 0.05) is 10.7 Å². The maximum Gasteiger partial charge on any atom is 0.337 e. The molecule has 0 radical (unpaired) electrons. The summed E-state index contributed by atoms with van der Waals surface area (Å²) in [6.07, 6.45) is 0. The Morgan fingerprint density at radius 2 is 1.96 bits per heavy atom. The van der Waals surface area contributed by atoms with Gasteiger partial charge in [0.05, 0.1) is 24.8 Å². The van der Waals surface area contributed by atoms with Crippen LogP contribution in [0.15, 0.2) is 42.5 Å². The lowest BCUT2D eigenvalue weighted by atomic mass is 10.1. The van der Waals surface area contributed by atoms with Gasteiger partial charge in [0.25, 0.3) is 5.91 Å². The normalized spacial score (nSPS) is 10.0. The molecule has 120 valence electrons. The van der Waals surface area contributed by atoms with Crippen molar-refractivity contribution in [1.29, 1.82) is 0 Å². The fourth-order valence-electron chi connectivity index (χ4n) is 2.00. The average Bonchev–Trinajstić information content (AvgIpc) is 2.54. The number of anilines is 1. The van der Waals surface area contributed by atoms with Crippen molar-refractivity contribution in [3.8, 4) is 5.75 Å². The lowest BCUT2D eigenvalue weighted by Gasteiger charge is -2.11. The second-order valence-corrected chi connectivity index (χ2v) is 5.04. The van der Waals surface area contributed by atoms with Gasteiger partial charge in [-0.3, -0.25) is 4.79 Å². The molecule has 0 heterocycles. The van der Waals surface area contributed by atoms with Crippen LogP contribution >= 0.6 is 11.6 Å². The number of methoxy groups -OCH3 is 1. The fraction of sp³-hybridized carbons (Fsp3) is 0.176. The number of hydrogen-bond donors (Lipinski definition) is 1. The van der Waals surface area contributed by atoms with Crippen LogP contribution in [0.5, 0.6) is 5.75 Å². The van der Waals surface area contributed by atoms with Crippen LogP contribution in [-0.4, -0.2) is 25.6 Å². The molecule has 2 aromatic carbocycles. The Morgan fingerprint density at radius 3 is 2.65 bits per heavy atom. The van der Waals surface area contributed by atoms with Crippen LogP contribution in [0.1, 0.15) is 27.6 Å². The maximum absolute atomic E-state index is 12.4. The molecule has 0 unspecified atom stereocenters. The zero-order valence-corrected chi connectivity index (χ0v) is 13.5. The second-order valence-electron chi connectivity index (χ2n) is 4.60. The van der Waals surface area contributed by atoms with E-state index in [-0.39, 0.29) is 5.91 Å². The van der Waals surface area contributed by atoms with Gasteiger partial charge in [0.15, 0.2) is 0 Å². The van der Waals surface area contributed by atoms with E-state index in [0.717, 1.165) is 0 Å². The Kier molecular flexibility index (Phi) is 5.60. The first kappa shape index (κ1) is 16.8. The SMILES string of the molecule is CCOc1cc(Cl)ccc1C(=O)Nc1cccc(C(=O)OC)c1. The minimum atomic E-state index is -0.470. The maximum atomic E-state index is 12.4. The molecule has 0 aliphatic rings. The number of benzene rings is 2. The first-order valence-electron chi connectivity index (χ1n) is 6.97. The van der Waals surface area contributed by atoms with E-state index >= 15 is 0 Å². The highest BCUT2D eigenvalue weighted by Crippen LogP contribution is 2.24. The molecule has 2 rings (SSSR count). The molecule has 0 aromatic heterocycles.